The van der Waals surface area contributed by atoms with Crippen LogP contribution in [0.2, 0.25) is 0 Å². The summed E-state index contributed by atoms with van der Waals surface area (Å²) in [5, 5.41) is 9.21. The molecule has 1 rings (SSSR count). The molecule has 0 bridgehead atoms. The van der Waals surface area contributed by atoms with Crippen molar-refractivity contribution in [2.24, 2.45) is 0 Å². The standard InChI is InChI=1S/C25H41IO3/c1-2-3-4-5-6-7-8-9-10-11-12-13-14-15-16-17-19-22-20-18-21-23(25(27)28)24(22)26-29/h18,20-21H,2-17,19H2,1H3,(H,27,28). The lowest BCUT2D eigenvalue weighted by Crippen LogP contribution is -2.03. The van der Waals surface area contributed by atoms with Crippen molar-refractivity contribution in [3.8, 4) is 0 Å². The number of hydrogen-bond donors (Lipinski definition) is 1. The van der Waals surface area contributed by atoms with Gasteiger partial charge in [-0.25, -0.2) is 4.79 Å². The van der Waals surface area contributed by atoms with Gasteiger partial charge in [-0.2, -0.15) is 0 Å². The highest BCUT2D eigenvalue weighted by Crippen LogP contribution is 2.23. The molecule has 0 aliphatic heterocycles. The van der Waals surface area contributed by atoms with Crippen LogP contribution in [0.1, 0.15) is 126 Å². The molecule has 0 amide bonds. The molecule has 0 aliphatic carbocycles. The maximum Gasteiger partial charge on any atom is 0.336 e. The van der Waals surface area contributed by atoms with Crippen molar-refractivity contribution in [2.75, 3.05) is 0 Å². The molecule has 0 atom stereocenters. The third-order valence-corrected chi connectivity index (χ3v) is 7.40. The number of rotatable bonds is 19. The Balaban J connectivity index is 1.96. The summed E-state index contributed by atoms with van der Waals surface area (Å²) in [6.45, 7) is 2.27. The van der Waals surface area contributed by atoms with Gasteiger partial charge in [0, 0.05) is 0 Å². The van der Waals surface area contributed by atoms with E-state index in [2.05, 4.69) is 6.92 Å². The molecule has 1 N–H and O–H groups in total. The van der Waals surface area contributed by atoms with E-state index < -0.39 is 27.2 Å². The fourth-order valence-corrected chi connectivity index (χ4v) is 5.27. The predicted molar refractivity (Wildman–Crippen MR) is 130 cm³/mol. The van der Waals surface area contributed by atoms with Crippen LogP contribution in [0, 0.1) is 3.57 Å². The van der Waals surface area contributed by atoms with Crippen LogP contribution in [0.5, 0.6) is 0 Å². The molecule has 0 saturated carbocycles. The number of carbonyl (C=O) groups is 1. The largest absolute Gasteiger partial charge is 0.478 e. The third-order valence-electron chi connectivity index (χ3n) is 5.69. The summed E-state index contributed by atoms with van der Waals surface area (Å²) in [4.78, 5) is 11.2. The van der Waals surface area contributed by atoms with Gasteiger partial charge in [0.2, 0.25) is 0 Å². The quantitative estimate of drug-likeness (QED) is 0.148. The number of halogens is 1. The minimum Gasteiger partial charge on any atom is -0.478 e. The van der Waals surface area contributed by atoms with Crippen molar-refractivity contribution >= 4 is 27.2 Å². The molecule has 4 heteroatoms. The zero-order chi connectivity index (χ0) is 21.2. The molecule has 0 aromatic heterocycles. The van der Waals surface area contributed by atoms with E-state index in [1.807, 2.05) is 6.07 Å². The molecule has 166 valence electrons. The van der Waals surface area contributed by atoms with Crippen LogP contribution >= 0.6 is 21.2 Å². The molecular formula is C25H41IO3. The van der Waals surface area contributed by atoms with Gasteiger partial charge >= 0.3 is 5.97 Å². The van der Waals surface area contributed by atoms with Crippen LogP contribution in [0.3, 0.4) is 0 Å². The summed E-state index contributed by atoms with van der Waals surface area (Å²) in [6, 6.07) is 5.27. The molecule has 0 aliphatic rings. The Hall–Kier alpha value is -0.780. The number of hydrogen-bond acceptors (Lipinski definition) is 2. The second-order valence-electron chi connectivity index (χ2n) is 8.21. The highest BCUT2D eigenvalue weighted by Gasteiger charge is 2.13. The van der Waals surface area contributed by atoms with Crippen LogP contribution in [-0.2, 0) is 9.49 Å². The number of aromatic carboxylic acids is 1. The Labute approximate surface area is 188 Å². The molecule has 0 heterocycles. The Kier molecular flexibility index (Phi) is 16.3. The van der Waals surface area contributed by atoms with Crippen LogP contribution < -0.4 is 0 Å². The van der Waals surface area contributed by atoms with Crippen molar-refractivity contribution in [3.05, 3.63) is 32.9 Å². The molecule has 29 heavy (non-hydrogen) atoms. The maximum absolute atomic E-state index is 11.5. The Morgan fingerprint density at radius 3 is 1.62 bits per heavy atom. The van der Waals surface area contributed by atoms with Crippen molar-refractivity contribution in [3.63, 3.8) is 0 Å². The topological polar surface area (TPSA) is 54.4 Å². The minimum atomic E-state index is -1.45. The average Bonchev–Trinajstić information content (AvgIpc) is 2.73. The molecule has 1 aromatic rings. The summed E-state index contributed by atoms with van der Waals surface area (Å²) < 4.78 is 12.1. The first kappa shape index (κ1) is 26.3. The second-order valence-corrected chi connectivity index (χ2v) is 9.73. The summed E-state index contributed by atoms with van der Waals surface area (Å²) >= 11 is -1.45. The number of unbranched alkanes of at least 4 members (excludes halogenated alkanes) is 15. The normalized spacial score (nSPS) is 11.1. The van der Waals surface area contributed by atoms with E-state index in [9.17, 15) is 13.0 Å². The SMILES string of the molecule is CCCCCCCCCCCCCCCCCCc1cccc(C(=O)O)c1I=O. The van der Waals surface area contributed by atoms with Crippen molar-refractivity contribution < 1.29 is 13.0 Å². The van der Waals surface area contributed by atoms with Gasteiger partial charge in [-0.3, -0.25) is 3.07 Å². The van der Waals surface area contributed by atoms with Gasteiger partial charge in [-0.15, -0.1) is 0 Å². The zero-order valence-electron chi connectivity index (χ0n) is 18.4. The monoisotopic (exact) mass is 516 g/mol. The first-order valence-electron chi connectivity index (χ1n) is 11.8. The number of benzene rings is 1. The molecule has 3 nitrogen and oxygen atoms in total. The predicted octanol–water partition coefficient (Wildman–Crippen LogP) is 8.67. The van der Waals surface area contributed by atoms with Gasteiger partial charge in [0.15, 0.2) is 21.2 Å². The van der Waals surface area contributed by atoms with Gasteiger partial charge in [0.1, 0.15) is 0 Å². The van der Waals surface area contributed by atoms with E-state index in [1.165, 1.54) is 96.3 Å². The third kappa shape index (κ3) is 12.5. The lowest BCUT2D eigenvalue weighted by atomic mass is 10.0. The van der Waals surface area contributed by atoms with Crippen molar-refractivity contribution in [1.82, 2.24) is 0 Å². The second kappa shape index (κ2) is 18.0. The minimum absolute atomic E-state index is 0.224. The zero-order valence-corrected chi connectivity index (χ0v) is 20.6. The van der Waals surface area contributed by atoms with Gasteiger partial charge in [0.05, 0.1) is 9.13 Å². The van der Waals surface area contributed by atoms with Crippen LogP contribution in [0.15, 0.2) is 18.2 Å². The average molecular weight is 517 g/mol. The van der Waals surface area contributed by atoms with Gasteiger partial charge in [-0.1, -0.05) is 115 Å². The van der Waals surface area contributed by atoms with E-state index in [1.54, 1.807) is 12.1 Å². The fraction of sp³-hybridized carbons (Fsp3) is 0.720. The molecule has 0 radical (unpaired) electrons. The van der Waals surface area contributed by atoms with E-state index in [0.717, 1.165) is 18.4 Å². The van der Waals surface area contributed by atoms with E-state index in [0.29, 0.717) is 3.57 Å². The summed E-state index contributed by atoms with van der Waals surface area (Å²) in [5.41, 5.74) is 1.19. The van der Waals surface area contributed by atoms with E-state index in [4.69, 9.17) is 0 Å². The van der Waals surface area contributed by atoms with Gasteiger partial charge < -0.3 is 5.11 Å². The summed E-state index contributed by atoms with van der Waals surface area (Å²) in [5.74, 6) is -0.968. The lowest BCUT2D eigenvalue weighted by Gasteiger charge is -2.07. The highest BCUT2D eigenvalue weighted by atomic mass is 127. The Morgan fingerprint density at radius 1 is 0.759 bits per heavy atom. The fourth-order valence-electron chi connectivity index (χ4n) is 3.89. The molecule has 1 aromatic carbocycles. The maximum atomic E-state index is 11.5. The molecule has 0 spiro atoms. The summed E-state index contributed by atoms with van der Waals surface area (Å²) in [7, 11) is 0. The number of carboxylic acid groups (broad SMARTS) is 1. The van der Waals surface area contributed by atoms with Gasteiger partial charge in [0.25, 0.3) is 0 Å². The molecule has 0 unspecified atom stereocenters. The van der Waals surface area contributed by atoms with Crippen molar-refractivity contribution in [2.45, 2.75) is 116 Å². The Bertz CT molecular complexity index is 571. The molecule has 0 saturated heterocycles. The van der Waals surface area contributed by atoms with E-state index in [-0.39, 0.29) is 5.56 Å². The van der Waals surface area contributed by atoms with Gasteiger partial charge in [-0.05, 0) is 24.5 Å². The number of carboxylic acids is 1. The summed E-state index contributed by atoms with van der Waals surface area (Å²) in [6.07, 6.45) is 22.4. The van der Waals surface area contributed by atoms with Crippen LogP contribution in [-0.4, -0.2) is 11.1 Å². The molecule has 0 fully saturated rings. The van der Waals surface area contributed by atoms with Crippen molar-refractivity contribution in [1.29, 1.82) is 0 Å². The molecular weight excluding hydrogens is 475 g/mol. The van der Waals surface area contributed by atoms with Crippen LogP contribution in [0.4, 0.5) is 0 Å². The lowest BCUT2D eigenvalue weighted by molar-refractivity contribution is 0.0695. The first-order valence-corrected chi connectivity index (χ1v) is 13.8. The smallest absolute Gasteiger partial charge is 0.336 e. The first-order chi connectivity index (χ1) is 14.2. The number of aryl methyl sites for hydroxylation is 1. The van der Waals surface area contributed by atoms with Crippen LogP contribution in [0.25, 0.3) is 0 Å². The highest BCUT2D eigenvalue weighted by molar-refractivity contribution is 14.1. The van der Waals surface area contributed by atoms with E-state index >= 15 is 0 Å². The Morgan fingerprint density at radius 2 is 1.21 bits per heavy atom.